The van der Waals surface area contributed by atoms with Gasteiger partial charge in [-0.3, -0.25) is 9.10 Å². The quantitative estimate of drug-likeness (QED) is 0.588. The van der Waals surface area contributed by atoms with Crippen molar-refractivity contribution < 1.29 is 17.9 Å². The lowest BCUT2D eigenvalue weighted by molar-refractivity contribution is 0.102. The second kappa shape index (κ2) is 9.22. The fourth-order valence-corrected chi connectivity index (χ4v) is 4.02. The standard InChI is InChI=1S/C24H26N2O4S/c1-17-8-11-22(14-18(17)2)26(31(4,28)29)16-19-6-5-7-21(15-19)25-24(27)20-9-12-23(30-3)13-10-20/h5-15H,16H2,1-4H3,(H,25,27). The summed E-state index contributed by atoms with van der Waals surface area (Å²) in [4.78, 5) is 12.5. The number of anilines is 2. The van der Waals surface area contributed by atoms with E-state index in [0.29, 0.717) is 22.7 Å². The number of ether oxygens (including phenoxy) is 1. The topological polar surface area (TPSA) is 75.7 Å². The Morgan fingerprint density at radius 2 is 1.68 bits per heavy atom. The molecule has 0 aliphatic carbocycles. The lowest BCUT2D eigenvalue weighted by atomic mass is 10.1. The molecule has 6 nitrogen and oxygen atoms in total. The minimum Gasteiger partial charge on any atom is -0.497 e. The van der Waals surface area contributed by atoms with Crippen molar-refractivity contribution in [1.29, 1.82) is 0 Å². The summed E-state index contributed by atoms with van der Waals surface area (Å²) < 4.78 is 31.4. The molecule has 3 rings (SSSR count). The molecule has 0 saturated carbocycles. The summed E-state index contributed by atoms with van der Waals surface area (Å²) in [7, 11) is -1.93. The summed E-state index contributed by atoms with van der Waals surface area (Å²) in [5.41, 5.74) is 4.58. The number of aryl methyl sites for hydroxylation is 2. The van der Waals surface area contributed by atoms with Crippen LogP contribution in [-0.2, 0) is 16.6 Å². The van der Waals surface area contributed by atoms with Crippen molar-refractivity contribution in [2.75, 3.05) is 23.0 Å². The summed E-state index contributed by atoms with van der Waals surface area (Å²) in [6, 6.07) is 19.6. The Morgan fingerprint density at radius 1 is 0.968 bits per heavy atom. The van der Waals surface area contributed by atoms with E-state index in [1.165, 1.54) is 10.6 Å². The zero-order chi connectivity index (χ0) is 22.6. The van der Waals surface area contributed by atoms with Gasteiger partial charge in [-0.1, -0.05) is 18.2 Å². The number of rotatable bonds is 7. The van der Waals surface area contributed by atoms with Crippen molar-refractivity contribution in [3.05, 3.63) is 89.0 Å². The molecule has 1 N–H and O–H groups in total. The maximum atomic E-state index is 12.5. The van der Waals surface area contributed by atoms with Crippen molar-refractivity contribution in [3.8, 4) is 5.75 Å². The van der Waals surface area contributed by atoms with Crippen LogP contribution in [0.3, 0.4) is 0 Å². The molecule has 7 heteroatoms. The Hall–Kier alpha value is -3.32. The van der Waals surface area contributed by atoms with E-state index < -0.39 is 10.0 Å². The molecule has 0 aliphatic rings. The van der Waals surface area contributed by atoms with Crippen LogP contribution in [0.4, 0.5) is 11.4 Å². The molecule has 0 radical (unpaired) electrons. The van der Waals surface area contributed by atoms with Crippen molar-refractivity contribution in [2.24, 2.45) is 0 Å². The molecule has 0 unspecified atom stereocenters. The van der Waals surface area contributed by atoms with Crippen molar-refractivity contribution >= 4 is 27.3 Å². The largest absolute Gasteiger partial charge is 0.497 e. The fourth-order valence-electron chi connectivity index (χ4n) is 3.14. The van der Waals surface area contributed by atoms with Gasteiger partial charge in [0.1, 0.15) is 5.75 Å². The van der Waals surface area contributed by atoms with E-state index in [4.69, 9.17) is 4.74 Å². The van der Waals surface area contributed by atoms with E-state index >= 15 is 0 Å². The molecule has 3 aromatic rings. The Balaban J connectivity index is 1.81. The summed E-state index contributed by atoms with van der Waals surface area (Å²) in [6.07, 6.45) is 1.19. The van der Waals surface area contributed by atoms with Gasteiger partial charge in [0.2, 0.25) is 10.0 Å². The smallest absolute Gasteiger partial charge is 0.255 e. The van der Waals surface area contributed by atoms with Crippen molar-refractivity contribution in [1.82, 2.24) is 0 Å². The van der Waals surface area contributed by atoms with E-state index in [2.05, 4.69) is 5.32 Å². The van der Waals surface area contributed by atoms with Gasteiger partial charge in [-0.2, -0.15) is 0 Å². The van der Waals surface area contributed by atoms with Gasteiger partial charge in [0, 0.05) is 11.3 Å². The monoisotopic (exact) mass is 438 g/mol. The molecule has 0 heterocycles. The normalized spacial score (nSPS) is 11.1. The molecule has 0 fully saturated rings. The van der Waals surface area contributed by atoms with Crippen LogP contribution >= 0.6 is 0 Å². The number of benzene rings is 3. The summed E-state index contributed by atoms with van der Waals surface area (Å²) in [5, 5.41) is 2.86. The van der Waals surface area contributed by atoms with Gasteiger partial charge in [-0.05, 0) is 79.1 Å². The number of nitrogens with one attached hydrogen (secondary N) is 1. The molecule has 0 aliphatic heterocycles. The number of carbonyl (C=O) groups excluding carboxylic acids is 1. The van der Waals surface area contributed by atoms with Crippen LogP contribution in [-0.4, -0.2) is 27.7 Å². The molecular weight excluding hydrogens is 412 g/mol. The van der Waals surface area contributed by atoms with E-state index in [1.807, 2.05) is 32.0 Å². The van der Waals surface area contributed by atoms with Crippen molar-refractivity contribution in [2.45, 2.75) is 20.4 Å². The first kappa shape index (κ1) is 22.4. The molecule has 0 saturated heterocycles. The van der Waals surface area contributed by atoms with Crippen LogP contribution in [0.25, 0.3) is 0 Å². The molecule has 0 atom stereocenters. The Bertz CT molecular complexity index is 1190. The van der Waals surface area contributed by atoms with Crippen LogP contribution in [0.5, 0.6) is 5.75 Å². The Labute approximate surface area is 183 Å². The van der Waals surface area contributed by atoms with Crippen LogP contribution < -0.4 is 14.4 Å². The highest BCUT2D eigenvalue weighted by molar-refractivity contribution is 7.92. The number of sulfonamides is 1. The van der Waals surface area contributed by atoms with Crippen LogP contribution in [0.15, 0.2) is 66.7 Å². The minimum absolute atomic E-state index is 0.160. The highest BCUT2D eigenvalue weighted by atomic mass is 32.2. The first-order chi connectivity index (χ1) is 14.7. The minimum atomic E-state index is -3.50. The zero-order valence-corrected chi connectivity index (χ0v) is 18.9. The van der Waals surface area contributed by atoms with Crippen LogP contribution in [0, 0.1) is 13.8 Å². The maximum Gasteiger partial charge on any atom is 0.255 e. The van der Waals surface area contributed by atoms with E-state index in [0.717, 1.165) is 16.7 Å². The zero-order valence-electron chi connectivity index (χ0n) is 18.0. The molecular formula is C24H26N2O4S. The lowest BCUT2D eigenvalue weighted by Gasteiger charge is -2.23. The van der Waals surface area contributed by atoms with E-state index in [-0.39, 0.29) is 12.5 Å². The van der Waals surface area contributed by atoms with E-state index in [9.17, 15) is 13.2 Å². The second-order valence-electron chi connectivity index (χ2n) is 7.42. The van der Waals surface area contributed by atoms with Gasteiger partial charge in [0.25, 0.3) is 5.91 Å². The predicted molar refractivity (Wildman–Crippen MR) is 124 cm³/mol. The Morgan fingerprint density at radius 3 is 2.29 bits per heavy atom. The molecule has 0 bridgehead atoms. The average molecular weight is 439 g/mol. The third kappa shape index (κ3) is 5.64. The van der Waals surface area contributed by atoms with Gasteiger partial charge in [0.05, 0.1) is 25.6 Å². The number of carbonyl (C=O) groups is 1. The third-order valence-electron chi connectivity index (χ3n) is 5.04. The molecule has 0 spiro atoms. The fraction of sp³-hybridized carbons (Fsp3) is 0.208. The van der Waals surface area contributed by atoms with Crippen LogP contribution in [0.1, 0.15) is 27.0 Å². The second-order valence-corrected chi connectivity index (χ2v) is 9.33. The highest BCUT2D eigenvalue weighted by Gasteiger charge is 2.19. The van der Waals surface area contributed by atoms with Gasteiger partial charge < -0.3 is 10.1 Å². The number of nitrogens with zero attached hydrogens (tertiary/aromatic N) is 1. The van der Waals surface area contributed by atoms with Crippen LogP contribution in [0.2, 0.25) is 0 Å². The van der Waals surface area contributed by atoms with Gasteiger partial charge in [-0.25, -0.2) is 8.42 Å². The molecule has 3 aromatic carbocycles. The lowest BCUT2D eigenvalue weighted by Crippen LogP contribution is -2.29. The number of methoxy groups -OCH3 is 1. The molecule has 0 aromatic heterocycles. The number of hydrogen-bond acceptors (Lipinski definition) is 4. The van der Waals surface area contributed by atoms with Gasteiger partial charge in [0.15, 0.2) is 0 Å². The van der Waals surface area contributed by atoms with Crippen molar-refractivity contribution in [3.63, 3.8) is 0 Å². The maximum absolute atomic E-state index is 12.5. The molecule has 1 amide bonds. The molecule has 31 heavy (non-hydrogen) atoms. The van der Waals surface area contributed by atoms with E-state index in [1.54, 1.807) is 55.6 Å². The van der Waals surface area contributed by atoms with Gasteiger partial charge >= 0.3 is 0 Å². The molecule has 162 valence electrons. The highest BCUT2D eigenvalue weighted by Crippen LogP contribution is 2.24. The first-order valence-corrected chi connectivity index (χ1v) is 11.6. The Kier molecular flexibility index (Phi) is 6.65. The predicted octanol–water partition coefficient (Wildman–Crippen LogP) is 4.53. The summed E-state index contributed by atoms with van der Waals surface area (Å²) in [5.74, 6) is 0.416. The van der Waals surface area contributed by atoms with Gasteiger partial charge in [-0.15, -0.1) is 0 Å². The SMILES string of the molecule is COc1ccc(C(=O)Nc2cccc(CN(c3ccc(C)c(C)c3)S(C)(=O)=O)c2)cc1. The summed E-state index contributed by atoms with van der Waals surface area (Å²) >= 11 is 0. The summed E-state index contributed by atoms with van der Waals surface area (Å²) in [6.45, 7) is 4.10. The first-order valence-electron chi connectivity index (χ1n) is 9.76. The average Bonchev–Trinajstić information content (AvgIpc) is 2.73. The number of amides is 1. The third-order valence-corrected chi connectivity index (χ3v) is 6.18. The number of hydrogen-bond donors (Lipinski definition) is 1.